The van der Waals surface area contributed by atoms with E-state index in [0.717, 1.165) is 22.4 Å². The highest BCUT2D eigenvalue weighted by molar-refractivity contribution is 5.88. The van der Waals surface area contributed by atoms with Crippen LogP contribution in [0.4, 0.5) is 0 Å². The van der Waals surface area contributed by atoms with Crippen molar-refractivity contribution in [2.75, 3.05) is 0 Å². The minimum Gasteiger partial charge on any atom is -0.489 e. The first-order valence-electron chi connectivity index (χ1n) is 7.99. The monoisotopic (exact) mass is 330 g/mol. The number of carbonyl (C=O) groups is 1. The predicted molar refractivity (Wildman–Crippen MR) is 99.5 cm³/mol. The van der Waals surface area contributed by atoms with Crippen molar-refractivity contribution in [3.63, 3.8) is 0 Å². The number of para-hydroxylation sites is 1. The van der Waals surface area contributed by atoms with Crippen LogP contribution in [0.5, 0.6) is 5.75 Å². The third-order valence-corrected chi connectivity index (χ3v) is 3.81. The Balaban J connectivity index is 1.73. The van der Waals surface area contributed by atoms with Gasteiger partial charge in [-0.05, 0) is 41.0 Å². The summed E-state index contributed by atoms with van der Waals surface area (Å²) < 4.78 is 5.83. The van der Waals surface area contributed by atoms with Gasteiger partial charge in [0.15, 0.2) is 0 Å². The van der Waals surface area contributed by atoms with Crippen molar-refractivity contribution < 1.29 is 14.6 Å². The molecule has 0 saturated carbocycles. The molecule has 1 N–H and O–H groups in total. The van der Waals surface area contributed by atoms with E-state index in [1.165, 1.54) is 0 Å². The van der Waals surface area contributed by atoms with Gasteiger partial charge in [0.2, 0.25) is 0 Å². The van der Waals surface area contributed by atoms with Crippen molar-refractivity contribution in [3.05, 3.63) is 101 Å². The van der Waals surface area contributed by atoms with Crippen molar-refractivity contribution in [3.8, 4) is 5.75 Å². The summed E-state index contributed by atoms with van der Waals surface area (Å²) in [6.45, 7) is 0.489. The van der Waals surface area contributed by atoms with Crippen LogP contribution in [0.1, 0.15) is 27.0 Å². The second kappa shape index (κ2) is 7.97. The van der Waals surface area contributed by atoms with Crippen LogP contribution in [0.25, 0.3) is 12.2 Å². The molecule has 0 amide bonds. The molecular weight excluding hydrogens is 312 g/mol. The Kier molecular flexibility index (Phi) is 5.27. The molecule has 0 heterocycles. The molecule has 0 aliphatic rings. The van der Waals surface area contributed by atoms with Crippen LogP contribution in [0.3, 0.4) is 0 Å². The van der Waals surface area contributed by atoms with Gasteiger partial charge in [0, 0.05) is 0 Å². The minimum atomic E-state index is -0.918. The summed E-state index contributed by atoms with van der Waals surface area (Å²) in [7, 11) is 0. The van der Waals surface area contributed by atoms with Crippen LogP contribution in [-0.2, 0) is 6.61 Å². The molecule has 0 spiro atoms. The number of ether oxygens (including phenoxy) is 1. The summed E-state index contributed by atoms with van der Waals surface area (Å²) in [5.74, 6) is -0.0792. The molecule has 0 aliphatic heterocycles. The molecule has 3 aromatic carbocycles. The van der Waals surface area contributed by atoms with E-state index in [1.807, 2.05) is 66.7 Å². The molecular formula is C22H18O3. The number of rotatable bonds is 6. The molecule has 3 aromatic rings. The summed E-state index contributed by atoms with van der Waals surface area (Å²) in [6.07, 6.45) is 3.98. The van der Waals surface area contributed by atoms with Gasteiger partial charge in [-0.2, -0.15) is 0 Å². The van der Waals surface area contributed by atoms with Gasteiger partial charge in [0.25, 0.3) is 0 Å². The fourth-order valence-electron chi connectivity index (χ4n) is 2.43. The third-order valence-electron chi connectivity index (χ3n) is 3.81. The highest BCUT2D eigenvalue weighted by Gasteiger charge is 2.02. The number of hydrogen-bond acceptors (Lipinski definition) is 2. The van der Waals surface area contributed by atoms with Gasteiger partial charge in [0.1, 0.15) is 12.4 Å². The van der Waals surface area contributed by atoms with E-state index in [0.29, 0.717) is 6.61 Å². The van der Waals surface area contributed by atoms with E-state index in [2.05, 4.69) is 0 Å². The van der Waals surface area contributed by atoms with Gasteiger partial charge in [0.05, 0.1) is 5.56 Å². The molecule has 124 valence electrons. The van der Waals surface area contributed by atoms with E-state index in [1.54, 1.807) is 24.3 Å². The fraction of sp³-hybridized carbons (Fsp3) is 0.0455. The lowest BCUT2D eigenvalue weighted by atomic mass is 10.1. The summed E-state index contributed by atoms with van der Waals surface area (Å²) in [6, 6.07) is 24.6. The van der Waals surface area contributed by atoms with Crippen molar-refractivity contribution >= 4 is 18.1 Å². The molecule has 3 heteroatoms. The average molecular weight is 330 g/mol. The number of carboxylic acid groups (broad SMARTS) is 1. The molecule has 0 saturated heterocycles. The first-order valence-corrected chi connectivity index (χ1v) is 7.99. The lowest BCUT2D eigenvalue weighted by Gasteiger charge is -2.08. The summed E-state index contributed by atoms with van der Waals surface area (Å²) in [5.41, 5.74) is 3.39. The predicted octanol–water partition coefficient (Wildman–Crippen LogP) is 5.13. The number of carboxylic acids is 1. The van der Waals surface area contributed by atoms with Crippen molar-refractivity contribution in [2.24, 2.45) is 0 Å². The van der Waals surface area contributed by atoms with Gasteiger partial charge in [-0.15, -0.1) is 0 Å². The quantitative estimate of drug-likeness (QED) is 0.637. The van der Waals surface area contributed by atoms with Gasteiger partial charge >= 0.3 is 5.97 Å². The van der Waals surface area contributed by atoms with Crippen molar-refractivity contribution in [1.29, 1.82) is 0 Å². The zero-order chi connectivity index (χ0) is 17.5. The van der Waals surface area contributed by atoms with Crippen LogP contribution in [-0.4, -0.2) is 11.1 Å². The molecule has 3 rings (SSSR count). The molecule has 0 radical (unpaired) electrons. The molecule has 25 heavy (non-hydrogen) atoms. The van der Waals surface area contributed by atoms with Crippen LogP contribution in [0.2, 0.25) is 0 Å². The summed E-state index contributed by atoms with van der Waals surface area (Å²) in [5, 5.41) is 8.94. The van der Waals surface area contributed by atoms with Gasteiger partial charge in [-0.3, -0.25) is 0 Å². The summed E-state index contributed by atoms with van der Waals surface area (Å²) in [4.78, 5) is 10.9. The second-order valence-corrected chi connectivity index (χ2v) is 5.56. The topological polar surface area (TPSA) is 46.5 Å². The molecule has 0 aliphatic carbocycles. The Morgan fingerprint density at radius 2 is 1.52 bits per heavy atom. The Labute approximate surface area is 146 Å². The maximum absolute atomic E-state index is 10.9. The van der Waals surface area contributed by atoms with Gasteiger partial charge in [-0.1, -0.05) is 66.7 Å². The standard InChI is InChI=1S/C22H18O3/c23-22(24)19-14-11-17(12-15-19)10-13-18-6-4-5-7-20(18)16-25-21-8-2-1-3-9-21/h1-15H,16H2,(H,23,24). The molecule has 0 aromatic heterocycles. The Morgan fingerprint density at radius 3 is 2.24 bits per heavy atom. The van der Waals surface area contributed by atoms with Crippen molar-refractivity contribution in [2.45, 2.75) is 6.61 Å². The fourth-order valence-corrected chi connectivity index (χ4v) is 2.43. The van der Waals surface area contributed by atoms with E-state index < -0.39 is 5.97 Å². The smallest absolute Gasteiger partial charge is 0.335 e. The SMILES string of the molecule is O=C(O)c1ccc(C=Cc2ccccc2COc2ccccc2)cc1. The molecule has 0 unspecified atom stereocenters. The van der Waals surface area contributed by atoms with E-state index >= 15 is 0 Å². The Morgan fingerprint density at radius 1 is 0.840 bits per heavy atom. The third kappa shape index (κ3) is 4.58. The lowest BCUT2D eigenvalue weighted by molar-refractivity contribution is 0.0697. The van der Waals surface area contributed by atoms with Crippen LogP contribution in [0.15, 0.2) is 78.9 Å². The molecule has 0 fully saturated rings. The van der Waals surface area contributed by atoms with E-state index in [4.69, 9.17) is 9.84 Å². The normalized spacial score (nSPS) is 10.7. The summed E-state index contributed by atoms with van der Waals surface area (Å²) >= 11 is 0. The van der Waals surface area contributed by atoms with Crippen molar-refractivity contribution in [1.82, 2.24) is 0 Å². The second-order valence-electron chi connectivity index (χ2n) is 5.56. The zero-order valence-electron chi connectivity index (χ0n) is 13.6. The highest BCUT2D eigenvalue weighted by atomic mass is 16.5. The van der Waals surface area contributed by atoms with Gasteiger partial charge in [-0.25, -0.2) is 4.79 Å². The average Bonchev–Trinajstić information content (AvgIpc) is 2.66. The van der Waals surface area contributed by atoms with E-state index in [9.17, 15) is 4.79 Å². The van der Waals surface area contributed by atoms with Crippen LogP contribution < -0.4 is 4.74 Å². The highest BCUT2D eigenvalue weighted by Crippen LogP contribution is 2.17. The van der Waals surface area contributed by atoms with Crippen LogP contribution in [0, 0.1) is 0 Å². The molecule has 0 bridgehead atoms. The maximum Gasteiger partial charge on any atom is 0.335 e. The lowest BCUT2D eigenvalue weighted by Crippen LogP contribution is -1.97. The Bertz CT molecular complexity index is 865. The molecule has 3 nitrogen and oxygen atoms in total. The maximum atomic E-state index is 10.9. The number of hydrogen-bond donors (Lipinski definition) is 1. The van der Waals surface area contributed by atoms with Crippen LogP contribution >= 0.6 is 0 Å². The van der Waals surface area contributed by atoms with E-state index in [-0.39, 0.29) is 5.56 Å². The number of benzene rings is 3. The largest absolute Gasteiger partial charge is 0.489 e. The van der Waals surface area contributed by atoms with Gasteiger partial charge < -0.3 is 9.84 Å². The zero-order valence-corrected chi connectivity index (χ0v) is 13.6. The first kappa shape index (κ1) is 16.5. The first-order chi connectivity index (χ1) is 12.2. The molecule has 0 atom stereocenters. The number of aromatic carboxylic acids is 1. The Hall–Kier alpha value is -3.33. The minimum absolute atomic E-state index is 0.286.